The van der Waals surface area contributed by atoms with Crippen LogP contribution in [0.15, 0.2) is 89.5 Å². The minimum absolute atomic E-state index is 0.0944. The van der Waals surface area contributed by atoms with Crippen LogP contribution in [0.2, 0.25) is 0 Å². The Morgan fingerprint density at radius 2 is 1.62 bits per heavy atom. The molecule has 4 rings (SSSR count). The van der Waals surface area contributed by atoms with Gasteiger partial charge in [0.05, 0.1) is 12.2 Å². The number of amides is 1. The molecule has 1 amide bonds. The SMILES string of the molecule is O=C(CCCc1nc(-c2ccc(F)cc2)no1)NN(Cc1ccccc1)c1ccccc1. The number of carbonyl (C=O) groups is 1. The van der Waals surface area contributed by atoms with E-state index in [2.05, 4.69) is 15.6 Å². The number of para-hydroxylation sites is 1. The molecule has 0 saturated carbocycles. The van der Waals surface area contributed by atoms with E-state index < -0.39 is 0 Å². The van der Waals surface area contributed by atoms with E-state index in [9.17, 15) is 9.18 Å². The Kier molecular flexibility index (Phi) is 6.87. The summed E-state index contributed by atoms with van der Waals surface area (Å²) in [7, 11) is 0. The first-order valence-electron chi connectivity index (χ1n) is 10.4. The van der Waals surface area contributed by atoms with Crippen molar-refractivity contribution in [2.45, 2.75) is 25.8 Å². The molecule has 3 aromatic carbocycles. The van der Waals surface area contributed by atoms with Crippen molar-refractivity contribution < 1.29 is 13.7 Å². The van der Waals surface area contributed by atoms with E-state index in [1.807, 2.05) is 65.7 Å². The normalized spacial score (nSPS) is 10.7. The number of hydrazine groups is 1. The van der Waals surface area contributed by atoms with E-state index >= 15 is 0 Å². The second-order valence-electron chi connectivity index (χ2n) is 7.31. The standard InChI is InChI=1S/C25H23FN4O2/c26-21-16-14-20(15-17-21)25-27-24(32-29-25)13-7-12-23(31)28-30(22-10-5-2-6-11-22)18-19-8-3-1-4-9-19/h1-6,8-11,14-17H,7,12-13,18H2,(H,28,31). The molecule has 6 nitrogen and oxygen atoms in total. The lowest BCUT2D eigenvalue weighted by Gasteiger charge is -2.25. The van der Waals surface area contributed by atoms with Gasteiger partial charge in [-0.1, -0.05) is 53.7 Å². The topological polar surface area (TPSA) is 71.3 Å². The number of hydrogen-bond acceptors (Lipinski definition) is 5. The Labute approximate surface area is 185 Å². The number of benzene rings is 3. The van der Waals surface area contributed by atoms with Crippen molar-refractivity contribution in [3.8, 4) is 11.4 Å². The van der Waals surface area contributed by atoms with Gasteiger partial charge in [-0.15, -0.1) is 0 Å². The van der Waals surface area contributed by atoms with Gasteiger partial charge in [0, 0.05) is 18.4 Å². The van der Waals surface area contributed by atoms with Gasteiger partial charge < -0.3 is 4.52 Å². The molecular formula is C25H23FN4O2. The minimum Gasteiger partial charge on any atom is -0.339 e. The fourth-order valence-electron chi connectivity index (χ4n) is 3.25. The Morgan fingerprint density at radius 1 is 0.938 bits per heavy atom. The van der Waals surface area contributed by atoms with Crippen LogP contribution in [0.25, 0.3) is 11.4 Å². The number of aromatic nitrogens is 2. The molecule has 0 fully saturated rings. The van der Waals surface area contributed by atoms with E-state index in [1.165, 1.54) is 12.1 Å². The van der Waals surface area contributed by atoms with Crippen LogP contribution < -0.4 is 10.4 Å². The second kappa shape index (κ2) is 10.3. The summed E-state index contributed by atoms with van der Waals surface area (Å²) < 4.78 is 18.3. The molecule has 1 N–H and O–H groups in total. The Morgan fingerprint density at radius 3 is 2.34 bits per heavy atom. The molecule has 0 bridgehead atoms. The molecule has 0 unspecified atom stereocenters. The van der Waals surface area contributed by atoms with Crippen molar-refractivity contribution in [1.29, 1.82) is 0 Å². The minimum atomic E-state index is -0.319. The highest BCUT2D eigenvalue weighted by Crippen LogP contribution is 2.17. The molecule has 0 spiro atoms. The summed E-state index contributed by atoms with van der Waals surface area (Å²) in [5.74, 6) is 0.437. The maximum absolute atomic E-state index is 13.1. The molecule has 0 radical (unpaired) electrons. The molecule has 0 saturated heterocycles. The summed E-state index contributed by atoms with van der Waals surface area (Å²) >= 11 is 0. The van der Waals surface area contributed by atoms with Crippen molar-refractivity contribution in [1.82, 2.24) is 15.6 Å². The van der Waals surface area contributed by atoms with Crippen molar-refractivity contribution >= 4 is 11.6 Å². The van der Waals surface area contributed by atoms with Gasteiger partial charge in [-0.2, -0.15) is 4.98 Å². The van der Waals surface area contributed by atoms with Crippen LogP contribution in [-0.4, -0.2) is 16.0 Å². The molecule has 1 heterocycles. The maximum atomic E-state index is 13.1. The number of aryl methyl sites for hydroxylation is 1. The van der Waals surface area contributed by atoms with Crippen LogP contribution in [0, 0.1) is 5.82 Å². The zero-order valence-electron chi connectivity index (χ0n) is 17.4. The van der Waals surface area contributed by atoms with Crippen molar-refractivity contribution in [3.05, 3.63) is 102 Å². The monoisotopic (exact) mass is 430 g/mol. The third-order valence-electron chi connectivity index (χ3n) is 4.88. The van der Waals surface area contributed by atoms with Crippen LogP contribution in [0.4, 0.5) is 10.1 Å². The van der Waals surface area contributed by atoms with Crippen LogP contribution >= 0.6 is 0 Å². The van der Waals surface area contributed by atoms with Gasteiger partial charge in [0.1, 0.15) is 5.82 Å². The van der Waals surface area contributed by atoms with E-state index in [4.69, 9.17) is 4.52 Å². The van der Waals surface area contributed by atoms with E-state index in [0.717, 1.165) is 11.3 Å². The Hall–Kier alpha value is -4.00. The third kappa shape index (κ3) is 5.78. The number of halogens is 1. The highest BCUT2D eigenvalue weighted by molar-refractivity contribution is 5.77. The van der Waals surface area contributed by atoms with Crippen LogP contribution in [0.5, 0.6) is 0 Å². The highest BCUT2D eigenvalue weighted by atomic mass is 19.1. The van der Waals surface area contributed by atoms with Gasteiger partial charge in [0.15, 0.2) is 0 Å². The van der Waals surface area contributed by atoms with Crippen molar-refractivity contribution in [2.75, 3.05) is 5.01 Å². The maximum Gasteiger partial charge on any atom is 0.238 e. The lowest BCUT2D eigenvalue weighted by molar-refractivity contribution is -0.121. The molecule has 7 heteroatoms. The number of carbonyl (C=O) groups excluding carboxylic acids is 1. The number of anilines is 1. The number of rotatable bonds is 9. The quantitative estimate of drug-likeness (QED) is 0.381. The molecule has 32 heavy (non-hydrogen) atoms. The predicted octanol–water partition coefficient (Wildman–Crippen LogP) is 4.94. The van der Waals surface area contributed by atoms with Crippen molar-refractivity contribution in [2.24, 2.45) is 0 Å². The lowest BCUT2D eigenvalue weighted by atomic mass is 10.2. The summed E-state index contributed by atoms with van der Waals surface area (Å²) in [6.07, 6.45) is 1.35. The molecule has 0 atom stereocenters. The Bertz CT molecular complexity index is 1130. The molecule has 162 valence electrons. The van der Waals surface area contributed by atoms with Gasteiger partial charge in [0.25, 0.3) is 0 Å². The molecule has 0 aliphatic heterocycles. The fourth-order valence-corrected chi connectivity index (χ4v) is 3.25. The number of nitrogens with one attached hydrogen (secondary N) is 1. The summed E-state index contributed by atoms with van der Waals surface area (Å²) in [4.78, 5) is 16.9. The largest absolute Gasteiger partial charge is 0.339 e. The smallest absolute Gasteiger partial charge is 0.238 e. The number of hydrogen-bond donors (Lipinski definition) is 1. The second-order valence-corrected chi connectivity index (χ2v) is 7.31. The van der Waals surface area contributed by atoms with E-state index in [0.29, 0.717) is 43.1 Å². The average molecular weight is 430 g/mol. The molecular weight excluding hydrogens is 407 g/mol. The lowest BCUT2D eigenvalue weighted by Crippen LogP contribution is -2.41. The van der Waals surface area contributed by atoms with Crippen LogP contribution in [-0.2, 0) is 17.8 Å². The van der Waals surface area contributed by atoms with E-state index in [-0.39, 0.29) is 11.7 Å². The predicted molar refractivity (Wildman–Crippen MR) is 120 cm³/mol. The molecule has 0 aliphatic carbocycles. The first kappa shape index (κ1) is 21.2. The Balaban J connectivity index is 1.32. The zero-order chi connectivity index (χ0) is 22.2. The summed E-state index contributed by atoms with van der Waals surface area (Å²) in [6, 6.07) is 25.6. The molecule has 4 aromatic rings. The fraction of sp³-hybridized carbons (Fsp3) is 0.160. The van der Waals surface area contributed by atoms with Crippen molar-refractivity contribution in [3.63, 3.8) is 0 Å². The van der Waals surface area contributed by atoms with Crippen LogP contribution in [0.1, 0.15) is 24.3 Å². The number of nitrogens with zero attached hydrogens (tertiary/aromatic N) is 3. The summed E-state index contributed by atoms with van der Waals surface area (Å²) in [6.45, 7) is 0.557. The van der Waals surface area contributed by atoms with E-state index in [1.54, 1.807) is 12.1 Å². The average Bonchev–Trinajstić information content (AvgIpc) is 3.29. The van der Waals surface area contributed by atoms with Gasteiger partial charge in [-0.05, 0) is 48.4 Å². The van der Waals surface area contributed by atoms with Crippen LogP contribution in [0.3, 0.4) is 0 Å². The first-order valence-corrected chi connectivity index (χ1v) is 10.4. The summed E-state index contributed by atoms with van der Waals surface area (Å²) in [5, 5.41) is 5.78. The summed E-state index contributed by atoms with van der Waals surface area (Å²) in [5.41, 5.74) is 5.68. The molecule has 1 aromatic heterocycles. The zero-order valence-corrected chi connectivity index (χ0v) is 17.4. The van der Waals surface area contributed by atoms with Gasteiger partial charge in [-0.3, -0.25) is 15.2 Å². The van der Waals surface area contributed by atoms with Gasteiger partial charge in [0.2, 0.25) is 17.6 Å². The third-order valence-corrected chi connectivity index (χ3v) is 4.88. The first-order chi connectivity index (χ1) is 15.7. The molecule has 0 aliphatic rings. The van der Waals surface area contributed by atoms with Gasteiger partial charge >= 0.3 is 0 Å². The highest BCUT2D eigenvalue weighted by Gasteiger charge is 2.13. The van der Waals surface area contributed by atoms with Gasteiger partial charge in [-0.25, -0.2) is 4.39 Å².